The first kappa shape index (κ1) is 30.2. The smallest absolute Gasteiger partial charge is 0.371 e. The van der Waals surface area contributed by atoms with Gasteiger partial charge in [0, 0.05) is 13.4 Å². The van der Waals surface area contributed by atoms with Crippen molar-refractivity contribution in [1.29, 1.82) is 21.6 Å². The highest BCUT2D eigenvalue weighted by atomic mass is 16.5. The van der Waals surface area contributed by atoms with Crippen molar-refractivity contribution in [3.8, 4) is 12.1 Å². The largest absolute Gasteiger partial charge is 0.515 e. The number of aryl methyl sites for hydroxylation is 1. The maximum absolute atomic E-state index is 9.82. The molecule has 0 aliphatic carbocycles. The van der Waals surface area contributed by atoms with E-state index in [-0.39, 0.29) is 14.3 Å². The van der Waals surface area contributed by atoms with Gasteiger partial charge in [-0.2, -0.15) is 15.6 Å². The second-order valence-corrected chi connectivity index (χ2v) is 3.77. The minimum absolute atomic E-state index is 0. The number of rotatable bonds is 2. The molecule has 1 heterocycles. The number of carbonyl (C=O) groups is 2. The van der Waals surface area contributed by atoms with E-state index in [0.29, 0.717) is 17.8 Å². The Bertz CT molecular complexity index is 575. The number of nitrogens with two attached hydrogens (primary N) is 1. The molecule has 26 heavy (non-hydrogen) atoms. The molecule has 0 unspecified atom stereocenters. The first-order chi connectivity index (χ1) is 12.3. The van der Waals surface area contributed by atoms with Gasteiger partial charge in [-0.05, 0) is 20.8 Å². The van der Waals surface area contributed by atoms with E-state index in [1.165, 1.54) is 6.92 Å². The average molecular weight is 369 g/mol. The molecule has 11 heteroatoms. The van der Waals surface area contributed by atoms with Crippen molar-refractivity contribution in [2.24, 2.45) is 0 Å². The molecule has 0 saturated carbocycles. The van der Waals surface area contributed by atoms with Crippen molar-refractivity contribution in [3.05, 3.63) is 23.6 Å². The highest BCUT2D eigenvalue weighted by Crippen LogP contribution is 2.00. The van der Waals surface area contributed by atoms with Gasteiger partial charge in [0.1, 0.15) is 5.82 Å². The summed E-state index contributed by atoms with van der Waals surface area (Å²) in [6.45, 7) is 7.15. The molecule has 0 amide bonds. The highest BCUT2D eigenvalue weighted by molar-refractivity contribution is 6.20. The number of anilines is 1. The molecule has 0 saturated heterocycles. The normalized spacial score (nSPS) is 7.85. The van der Waals surface area contributed by atoms with Gasteiger partial charge in [0.05, 0.1) is 36.8 Å². The van der Waals surface area contributed by atoms with Crippen LogP contribution in [0.5, 0.6) is 0 Å². The number of nitrogen functional groups attached to an aromatic ring is 1. The lowest BCUT2D eigenvalue weighted by molar-refractivity contribution is -0.148. The summed E-state index contributed by atoms with van der Waals surface area (Å²) in [6.07, 6.45) is 3.23. The number of aliphatic hydroxyl groups excluding tert-OH is 1. The molecule has 1 aromatic heterocycles. The number of ether oxygens (including phenoxy) is 1. The van der Waals surface area contributed by atoms with E-state index in [1.807, 2.05) is 19.9 Å². The Morgan fingerprint density at radius 3 is 2.08 bits per heavy atom. The zero-order valence-corrected chi connectivity index (χ0v) is 15.2. The second-order valence-electron chi connectivity index (χ2n) is 3.77. The lowest BCUT2D eigenvalue weighted by atomic mass is 10.4. The fraction of sp³-hybridized carbons (Fsp3) is 0.400. The van der Waals surface area contributed by atoms with Crippen molar-refractivity contribution < 1.29 is 20.9 Å². The van der Waals surface area contributed by atoms with Gasteiger partial charge < -0.3 is 15.6 Å². The third-order valence-electron chi connectivity index (χ3n) is 1.78. The van der Waals surface area contributed by atoms with Crippen LogP contribution >= 0.6 is 0 Å². The predicted octanol–water partition coefficient (Wildman–Crippen LogP) is 2.78. The number of carbonyl (C=O) groups excluding carboxylic acids is 2. The lowest BCUT2D eigenvalue weighted by Gasteiger charge is -1.88. The number of nitrogens with zero attached hydrogens (tertiary/aromatic N) is 3. The lowest BCUT2D eigenvalue weighted by Crippen LogP contribution is -2.03. The summed E-state index contributed by atoms with van der Waals surface area (Å²) in [6, 6.07) is 3.66. The number of H-pyrrole nitrogens is 1. The fourth-order valence-corrected chi connectivity index (χ4v) is 0.562. The van der Waals surface area contributed by atoms with Crippen molar-refractivity contribution in [2.75, 3.05) is 12.3 Å². The summed E-state index contributed by atoms with van der Waals surface area (Å²) < 4.78 is 4.18. The van der Waals surface area contributed by atoms with Crippen LogP contribution in [0.1, 0.15) is 34.2 Å². The molecule has 0 radical (unpaired) electrons. The monoisotopic (exact) mass is 369 g/mol. The topological polar surface area (TPSA) is 214 Å². The van der Waals surface area contributed by atoms with Gasteiger partial charge in [-0.25, -0.2) is 15.9 Å². The summed E-state index contributed by atoms with van der Waals surface area (Å²) in [5.41, 5.74) is 16.7. The number of aromatic nitrogens is 2. The van der Waals surface area contributed by atoms with Gasteiger partial charge >= 0.3 is 5.97 Å². The Morgan fingerprint density at radius 2 is 2.00 bits per heavy atom. The average Bonchev–Trinajstić information content (AvgIpc) is 3.06. The molecule has 0 fully saturated rings. The van der Waals surface area contributed by atoms with Crippen LogP contribution in [0.15, 0.2) is 18.0 Å². The Balaban J connectivity index is -0.0000000776. The third kappa shape index (κ3) is 28.4. The number of aliphatic hydroxyl groups is 1. The predicted molar refractivity (Wildman–Crippen MR) is 95.9 cm³/mol. The van der Waals surface area contributed by atoms with Gasteiger partial charge in [0.2, 0.25) is 6.29 Å². The fourth-order valence-electron chi connectivity index (χ4n) is 0.562. The van der Waals surface area contributed by atoms with E-state index in [4.69, 9.17) is 32.4 Å². The molecule has 0 spiro atoms. The van der Waals surface area contributed by atoms with E-state index in [2.05, 4.69) is 14.9 Å². The molecule has 11 nitrogen and oxygen atoms in total. The maximum atomic E-state index is 9.82. The van der Waals surface area contributed by atoms with Crippen LogP contribution < -0.4 is 5.73 Å². The number of hydrogen-bond donors (Lipinski definition) is 5. The van der Waals surface area contributed by atoms with Gasteiger partial charge in [0.15, 0.2) is 0 Å². The Hall–Kier alpha value is -3.73. The van der Waals surface area contributed by atoms with Crippen LogP contribution in [0.3, 0.4) is 0 Å². The van der Waals surface area contributed by atoms with Crippen LogP contribution in [0, 0.1) is 40.6 Å². The molecule has 1 rings (SSSR count). The zero-order chi connectivity index (χ0) is 21.4. The minimum Gasteiger partial charge on any atom is -0.515 e. The van der Waals surface area contributed by atoms with E-state index < -0.39 is 5.97 Å². The van der Waals surface area contributed by atoms with E-state index in [0.717, 1.165) is 11.8 Å². The summed E-state index contributed by atoms with van der Waals surface area (Å²) >= 11 is 0. The van der Waals surface area contributed by atoms with Gasteiger partial charge in [-0.15, -0.1) is 0 Å². The van der Waals surface area contributed by atoms with E-state index in [9.17, 15) is 9.59 Å². The molecule has 6 N–H and O–H groups in total. The first-order valence-electron chi connectivity index (χ1n) is 7.04. The number of allylic oxidation sites excluding steroid dienone is 1. The minimum atomic E-state index is -0.803. The Labute approximate surface area is 153 Å². The van der Waals surface area contributed by atoms with Crippen molar-refractivity contribution in [3.63, 3.8) is 0 Å². The number of hydrogen-bond acceptors (Lipinski definition) is 10. The second kappa shape index (κ2) is 26.2. The highest BCUT2D eigenvalue weighted by Gasteiger charge is 1.92. The summed E-state index contributed by atoms with van der Waals surface area (Å²) in [5.74, 6) is -0.150. The summed E-state index contributed by atoms with van der Waals surface area (Å²) in [4.78, 5) is 19.2. The van der Waals surface area contributed by atoms with Crippen LogP contribution in [0.2, 0.25) is 0 Å². The molecular formula is C15H27N7O4. The third-order valence-corrected chi connectivity index (χ3v) is 1.78. The first-order valence-corrected chi connectivity index (χ1v) is 7.04. The van der Waals surface area contributed by atoms with Crippen LogP contribution in [-0.4, -0.2) is 34.2 Å². The van der Waals surface area contributed by atoms with Gasteiger partial charge in [-0.3, -0.25) is 9.89 Å². The van der Waals surface area contributed by atoms with E-state index in [1.54, 1.807) is 19.2 Å². The number of aromatic amines is 1. The summed E-state index contributed by atoms with van der Waals surface area (Å²) in [7, 11) is 0. The molecule has 146 valence electrons. The quantitative estimate of drug-likeness (QED) is 0.130. The molecule has 0 aromatic carbocycles. The van der Waals surface area contributed by atoms with Crippen molar-refractivity contribution in [1.82, 2.24) is 10.2 Å². The number of nitrogens with one attached hydrogen (secondary N) is 3. The maximum Gasteiger partial charge on any atom is 0.371 e. The van der Waals surface area contributed by atoms with Crippen LogP contribution in [0.25, 0.3) is 0 Å². The number of nitriles is 2. The van der Waals surface area contributed by atoms with Gasteiger partial charge in [-0.1, -0.05) is 6.92 Å². The van der Waals surface area contributed by atoms with Crippen molar-refractivity contribution in [2.45, 2.75) is 34.1 Å². The molecular weight excluding hydrogens is 342 g/mol. The molecule has 0 aliphatic rings. The van der Waals surface area contributed by atoms with Crippen molar-refractivity contribution >= 4 is 18.1 Å². The molecule has 0 aliphatic heterocycles. The number of esters is 1. The van der Waals surface area contributed by atoms with Crippen LogP contribution in [0.4, 0.5) is 5.82 Å². The number of aldehydes is 1. The Kier molecular flexibility index (Phi) is 30.4. The standard InChI is InChI=1S/C4H7N3.C4H5NO.C4H6O3.C3H5N.H2N2.H2/c1-3-2-6-7-4(3)5;1-4(2-5)3-6;1-2-7-4(6)3-5;1-2-3-4;1-2;/h2H,1H3,(H3,5,6,7);3,6H,1H3;3H,2H2,1H3;2H2,1H3;1-2H;1H/b;4-3-;;;;. The Morgan fingerprint density at radius 1 is 1.50 bits per heavy atom. The van der Waals surface area contributed by atoms with Crippen LogP contribution in [-0.2, 0) is 14.3 Å². The SMILES string of the molecule is C/C(C#N)=C/O.CCC#N.CCOC(=O)C=O.Cc1cn[nH]c1N.N=N.[HH]. The van der Waals surface area contributed by atoms with Gasteiger partial charge in [0.25, 0.3) is 0 Å². The zero-order valence-electron chi connectivity index (χ0n) is 15.2. The summed E-state index contributed by atoms with van der Waals surface area (Å²) in [5, 5.41) is 29.7. The van der Waals surface area contributed by atoms with E-state index >= 15 is 0 Å². The molecule has 1 aromatic rings. The molecule has 0 atom stereocenters. The molecule has 0 bridgehead atoms.